The molecular weight excluding hydrogens is 236 g/mol. The van der Waals surface area contributed by atoms with Crippen LogP contribution in [0.5, 0.6) is 0 Å². The van der Waals surface area contributed by atoms with E-state index in [2.05, 4.69) is 15.5 Å². The van der Waals surface area contributed by atoms with Crippen LogP contribution < -0.4 is 10.2 Å². The molecule has 0 saturated heterocycles. The number of nitrogens with zero attached hydrogens (tertiary/aromatic N) is 3. The van der Waals surface area contributed by atoms with Crippen LogP contribution in [0, 0.1) is 0 Å². The van der Waals surface area contributed by atoms with E-state index in [0.29, 0.717) is 11.0 Å². The van der Waals surface area contributed by atoms with Crippen LogP contribution in [0.4, 0.5) is 17.2 Å². The molecule has 5 heteroatoms. The average molecular weight is 249 g/mol. The van der Waals surface area contributed by atoms with E-state index in [4.69, 9.17) is 11.6 Å². The van der Waals surface area contributed by atoms with E-state index >= 15 is 0 Å². The molecule has 17 heavy (non-hydrogen) atoms. The quantitative estimate of drug-likeness (QED) is 0.907. The van der Waals surface area contributed by atoms with Gasteiger partial charge < -0.3 is 10.2 Å². The van der Waals surface area contributed by atoms with Gasteiger partial charge in [-0.2, -0.15) is 0 Å². The first kappa shape index (κ1) is 11.7. The molecule has 0 atom stereocenters. The lowest BCUT2D eigenvalue weighted by Crippen LogP contribution is -2.11. The minimum atomic E-state index is 0.386. The molecule has 0 spiro atoms. The summed E-state index contributed by atoms with van der Waals surface area (Å²) in [7, 11) is 3.99. The Bertz CT molecular complexity index is 496. The van der Waals surface area contributed by atoms with E-state index in [1.807, 2.05) is 43.3 Å². The maximum absolute atomic E-state index is 5.69. The van der Waals surface area contributed by atoms with Crippen LogP contribution in [0.2, 0.25) is 5.15 Å². The molecule has 0 aliphatic carbocycles. The fourth-order valence-electron chi connectivity index (χ4n) is 1.49. The first-order valence-electron chi connectivity index (χ1n) is 5.19. The first-order chi connectivity index (χ1) is 8.16. The summed E-state index contributed by atoms with van der Waals surface area (Å²) in [6.45, 7) is 0. The molecule has 1 aromatic carbocycles. The lowest BCUT2D eigenvalue weighted by molar-refractivity contribution is 1.03. The number of nitrogens with one attached hydrogen (secondary N) is 1. The molecule has 0 amide bonds. The lowest BCUT2D eigenvalue weighted by atomic mass is 10.2. The van der Waals surface area contributed by atoms with E-state index in [1.165, 1.54) is 0 Å². The van der Waals surface area contributed by atoms with E-state index in [9.17, 15) is 0 Å². The van der Waals surface area contributed by atoms with Crippen LogP contribution in [0.3, 0.4) is 0 Å². The zero-order chi connectivity index (χ0) is 12.3. The normalized spacial score (nSPS) is 10.1. The summed E-state index contributed by atoms with van der Waals surface area (Å²) in [5.41, 5.74) is 2.07. The van der Waals surface area contributed by atoms with Crippen LogP contribution in [0.25, 0.3) is 0 Å². The Balaban J connectivity index is 2.26. The topological polar surface area (TPSA) is 41.0 Å². The van der Waals surface area contributed by atoms with Crippen molar-refractivity contribution in [3.63, 3.8) is 0 Å². The fourth-order valence-corrected chi connectivity index (χ4v) is 1.59. The van der Waals surface area contributed by atoms with Gasteiger partial charge in [0.25, 0.3) is 0 Å². The zero-order valence-electron chi connectivity index (χ0n) is 9.68. The van der Waals surface area contributed by atoms with Gasteiger partial charge >= 0.3 is 0 Å². The standard InChI is InChI=1S/C12H13ClN4/c1-17(2)10-6-4-3-5-9(10)14-12-8-7-11(13)15-16-12/h3-8H,1-2H3,(H,14,16). The summed E-state index contributed by atoms with van der Waals surface area (Å²) in [6, 6.07) is 11.5. The number of para-hydroxylation sites is 2. The second kappa shape index (κ2) is 5.01. The van der Waals surface area contributed by atoms with Crippen molar-refractivity contribution in [2.75, 3.05) is 24.3 Å². The third kappa shape index (κ3) is 2.85. The summed E-state index contributed by atoms with van der Waals surface area (Å²) < 4.78 is 0. The maximum atomic E-state index is 5.69. The number of hydrogen-bond acceptors (Lipinski definition) is 4. The Morgan fingerprint density at radius 1 is 1.06 bits per heavy atom. The highest BCUT2D eigenvalue weighted by Crippen LogP contribution is 2.26. The third-order valence-corrected chi connectivity index (χ3v) is 2.48. The molecule has 0 aliphatic heterocycles. The van der Waals surface area contributed by atoms with Gasteiger partial charge in [0.15, 0.2) is 11.0 Å². The zero-order valence-corrected chi connectivity index (χ0v) is 10.4. The molecule has 0 unspecified atom stereocenters. The number of rotatable bonds is 3. The molecular formula is C12H13ClN4. The number of benzene rings is 1. The van der Waals surface area contributed by atoms with E-state index in [0.717, 1.165) is 11.4 Å². The van der Waals surface area contributed by atoms with Crippen molar-refractivity contribution in [1.82, 2.24) is 10.2 Å². The molecule has 4 nitrogen and oxygen atoms in total. The van der Waals surface area contributed by atoms with Crippen LogP contribution in [0.1, 0.15) is 0 Å². The Labute approximate surface area is 105 Å². The van der Waals surface area contributed by atoms with Gasteiger partial charge in [-0.25, -0.2) is 0 Å². The van der Waals surface area contributed by atoms with Crippen LogP contribution >= 0.6 is 11.6 Å². The van der Waals surface area contributed by atoms with Gasteiger partial charge in [-0.15, -0.1) is 10.2 Å². The Morgan fingerprint density at radius 3 is 2.47 bits per heavy atom. The second-order valence-corrected chi connectivity index (χ2v) is 4.17. The van der Waals surface area contributed by atoms with Gasteiger partial charge in [0.05, 0.1) is 11.4 Å². The van der Waals surface area contributed by atoms with Crippen molar-refractivity contribution < 1.29 is 0 Å². The van der Waals surface area contributed by atoms with Gasteiger partial charge in [0, 0.05) is 14.1 Å². The predicted octanol–water partition coefficient (Wildman–Crippen LogP) is 2.94. The van der Waals surface area contributed by atoms with Crippen molar-refractivity contribution in [3.8, 4) is 0 Å². The number of hydrogen-bond donors (Lipinski definition) is 1. The van der Waals surface area contributed by atoms with Crippen molar-refractivity contribution in [3.05, 3.63) is 41.6 Å². The minimum Gasteiger partial charge on any atom is -0.376 e. The van der Waals surface area contributed by atoms with Crippen molar-refractivity contribution in [1.29, 1.82) is 0 Å². The fraction of sp³-hybridized carbons (Fsp3) is 0.167. The Kier molecular flexibility index (Phi) is 3.44. The van der Waals surface area contributed by atoms with Gasteiger partial charge in [-0.1, -0.05) is 23.7 Å². The molecule has 0 aliphatic rings. The molecule has 1 aromatic heterocycles. The highest BCUT2D eigenvalue weighted by Gasteiger charge is 2.04. The molecule has 0 radical (unpaired) electrons. The molecule has 1 N–H and O–H groups in total. The van der Waals surface area contributed by atoms with Gasteiger partial charge in [0.2, 0.25) is 0 Å². The Hall–Kier alpha value is -1.81. The average Bonchev–Trinajstić information content (AvgIpc) is 2.32. The van der Waals surface area contributed by atoms with Crippen molar-refractivity contribution in [2.45, 2.75) is 0 Å². The number of anilines is 3. The van der Waals surface area contributed by atoms with Crippen LogP contribution in [-0.4, -0.2) is 24.3 Å². The van der Waals surface area contributed by atoms with Crippen LogP contribution in [0.15, 0.2) is 36.4 Å². The summed E-state index contributed by atoms with van der Waals surface area (Å²) in [5.74, 6) is 0.670. The smallest absolute Gasteiger partial charge is 0.153 e. The summed E-state index contributed by atoms with van der Waals surface area (Å²) in [4.78, 5) is 2.03. The van der Waals surface area contributed by atoms with E-state index in [-0.39, 0.29) is 0 Å². The van der Waals surface area contributed by atoms with E-state index < -0.39 is 0 Å². The van der Waals surface area contributed by atoms with Gasteiger partial charge in [-0.05, 0) is 24.3 Å². The SMILES string of the molecule is CN(C)c1ccccc1Nc1ccc(Cl)nn1. The molecule has 0 fully saturated rings. The highest BCUT2D eigenvalue weighted by atomic mass is 35.5. The number of halogens is 1. The molecule has 0 bridgehead atoms. The lowest BCUT2D eigenvalue weighted by Gasteiger charge is -2.17. The van der Waals surface area contributed by atoms with Crippen molar-refractivity contribution in [2.24, 2.45) is 0 Å². The van der Waals surface area contributed by atoms with Gasteiger partial charge in [0.1, 0.15) is 0 Å². The largest absolute Gasteiger partial charge is 0.376 e. The summed E-state index contributed by atoms with van der Waals surface area (Å²) in [6.07, 6.45) is 0. The minimum absolute atomic E-state index is 0.386. The highest BCUT2D eigenvalue weighted by molar-refractivity contribution is 6.29. The molecule has 1 heterocycles. The van der Waals surface area contributed by atoms with Gasteiger partial charge in [-0.3, -0.25) is 0 Å². The molecule has 88 valence electrons. The number of aromatic nitrogens is 2. The maximum Gasteiger partial charge on any atom is 0.153 e. The summed E-state index contributed by atoms with van der Waals surface area (Å²) in [5, 5.41) is 11.3. The Morgan fingerprint density at radius 2 is 1.82 bits per heavy atom. The van der Waals surface area contributed by atoms with Crippen molar-refractivity contribution >= 4 is 28.8 Å². The van der Waals surface area contributed by atoms with Crippen LogP contribution in [-0.2, 0) is 0 Å². The van der Waals surface area contributed by atoms with E-state index in [1.54, 1.807) is 12.1 Å². The molecule has 2 rings (SSSR count). The monoisotopic (exact) mass is 248 g/mol. The molecule has 2 aromatic rings. The second-order valence-electron chi connectivity index (χ2n) is 3.78. The predicted molar refractivity (Wildman–Crippen MR) is 71.1 cm³/mol. The first-order valence-corrected chi connectivity index (χ1v) is 5.57. The third-order valence-electron chi connectivity index (χ3n) is 2.28. The summed E-state index contributed by atoms with van der Waals surface area (Å²) >= 11 is 5.69. The molecule has 0 saturated carbocycles.